The van der Waals surface area contributed by atoms with Crippen LogP contribution < -0.4 is 0 Å². The first-order valence-corrected chi connectivity index (χ1v) is 10.4. The van der Waals surface area contributed by atoms with Gasteiger partial charge in [-0.1, -0.05) is 18.2 Å². The lowest BCUT2D eigenvalue weighted by Crippen LogP contribution is -2.37. The lowest BCUT2D eigenvalue weighted by molar-refractivity contribution is 0.215. The molecule has 1 aromatic carbocycles. The van der Waals surface area contributed by atoms with Crippen molar-refractivity contribution in [2.24, 2.45) is 0 Å². The monoisotopic (exact) mass is 363 g/mol. The predicted octanol–water partition coefficient (Wildman–Crippen LogP) is 1.53. The summed E-state index contributed by atoms with van der Waals surface area (Å²) in [7, 11) is -3.23. The summed E-state index contributed by atoms with van der Waals surface area (Å²) in [5, 5.41) is 13.5. The van der Waals surface area contributed by atoms with Crippen molar-refractivity contribution in [2.45, 2.75) is 30.2 Å². The van der Waals surface area contributed by atoms with Gasteiger partial charge in [0, 0.05) is 25.2 Å². The molecule has 1 fully saturated rings. The fourth-order valence-electron chi connectivity index (χ4n) is 3.32. The minimum atomic E-state index is -3.23. The molecule has 136 valence electrons. The van der Waals surface area contributed by atoms with E-state index >= 15 is 0 Å². The van der Waals surface area contributed by atoms with Crippen molar-refractivity contribution < 1.29 is 13.5 Å². The van der Waals surface area contributed by atoms with E-state index in [2.05, 4.69) is 10.00 Å². The van der Waals surface area contributed by atoms with Crippen LogP contribution in [0.1, 0.15) is 24.5 Å². The number of aliphatic hydroxyl groups excluding tert-OH is 1. The molecule has 0 aliphatic carbocycles. The van der Waals surface area contributed by atoms with Gasteiger partial charge in [-0.05, 0) is 37.6 Å². The minimum absolute atomic E-state index is 0.0786. The van der Waals surface area contributed by atoms with Crippen LogP contribution in [0.3, 0.4) is 0 Å². The van der Waals surface area contributed by atoms with Crippen molar-refractivity contribution in [2.75, 3.05) is 32.0 Å². The Labute approximate surface area is 149 Å². The molecule has 1 aliphatic heterocycles. The van der Waals surface area contributed by atoms with Crippen LogP contribution in [0.4, 0.5) is 0 Å². The molecule has 1 atom stereocenters. The summed E-state index contributed by atoms with van der Waals surface area (Å²) in [6.07, 6.45) is 4.01. The smallest absolute Gasteiger partial charge is 0.179 e. The highest BCUT2D eigenvalue weighted by atomic mass is 32.2. The molecule has 1 unspecified atom stereocenters. The van der Waals surface area contributed by atoms with Gasteiger partial charge in [-0.15, -0.1) is 0 Å². The van der Waals surface area contributed by atoms with E-state index in [1.54, 1.807) is 28.9 Å². The maximum absolute atomic E-state index is 12.4. The number of piperidine rings is 1. The van der Waals surface area contributed by atoms with E-state index in [0.717, 1.165) is 31.6 Å². The fraction of sp³-hybridized carbons (Fsp3) is 0.500. The van der Waals surface area contributed by atoms with Crippen molar-refractivity contribution in [3.63, 3.8) is 0 Å². The summed E-state index contributed by atoms with van der Waals surface area (Å²) in [4.78, 5) is 2.62. The van der Waals surface area contributed by atoms with Crippen LogP contribution in [0.25, 0.3) is 0 Å². The molecule has 2 aromatic rings. The van der Waals surface area contributed by atoms with E-state index in [4.69, 9.17) is 5.11 Å². The minimum Gasteiger partial charge on any atom is -0.394 e. The molecule has 2 heterocycles. The highest BCUT2D eigenvalue weighted by Crippen LogP contribution is 2.25. The fourth-order valence-corrected chi connectivity index (χ4v) is 4.62. The Hall–Kier alpha value is -1.70. The van der Waals surface area contributed by atoms with Crippen molar-refractivity contribution in [3.05, 3.63) is 48.3 Å². The zero-order valence-electron chi connectivity index (χ0n) is 14.3. The molecule has 1 aliphatic rings. The first-order chi connectivity index (χ1) is 12.1. The van der Waals surface area contributed by atoms with Crippen molar-refractivity contribution in [3.8, 4) is 0 Å². The second kappa shape index (κ2) is 8.12. The van der Waals surface area contributed by atoms with E-state index in [1.165, 1.54) is 0 Å². The lowest BCUT2D eigenvalue weighted by atomic mass is 9.95. The molecular weight excluding hydrogens is 338 g/mol. The van der Waals surface area contributed by atoms with Gasteiger partial charge >= 0.3 is 0 Å². The lowest BCUT2D eigenvalue weighted by Gasteiger charge is -2.31. The number of likely N-dealkylation sites (tertiary alicyclic amines) is 1. The normalized spacial score (nSPS) is 19.2. The van der Waals surface area contributed by atoms with Gasteiger partial charge in [0.25, 0.3) is 0 Å². The van der Waals surface area contributed by atoms with Crippen LogP contribution in [0.2, 0.25) is 0 Å². The maximum atomic E-state index is 12.4. The SMILES string of the molecule is O=S(=O)(CCN1CCCC(c2ccn(CCO)n2)C1)c1ccccc1. The molecule has 7 heteroatoms. The number of aliphatic hydroxyl groups is 1. The number of sulfone groups is 1. The second-order valence-corrected chi connectivity index (χ2v) is 8.61. The van der Waals surface area contributed by atoms with E-state index in [9.17, 15) is 8.42 Å². The van der Waals surface area contributed by atoms with Gasteiger partial charge in [-0.3, -0.25) is 4.68 Å². The van der Waals surface area contributed by atoms with E-state index in [1.807, 2.05) is 18.3 Å². The zero-order chi connectivity index (χ0) is 17.7. The molecule has 0 saturated carbocycles. The number of hydrogen-bond acceptors (Lipinski definition) is 5. The number of hydrogen-bond donors (Lipinski definition) is 1. The highest BCUT2D eigenvalue weighted by Gasteiger charge is 2.24. The standard InChI is InChI=1S/C18H25N3O3S/c22-13-11-21-10-8-18(19-21)16-5-4-9-20(15-16)12-14-25(23,24)17-6-2-1-3-7-17/h1-3,6-8,10,16,22H,4-5,9,11-15H2. The summed E-state index contributed by atoms with van der Waals surface area (Å²) in [5.74, 6) is 0.469. The van der Waals surface area contributed by atoms with Gasteiger partial charge in [-0.25, -0.2) is 8.42 Å². The quantitative estimate of drug-likeness (QED) is 0.807. The molecule has 0 bridgehead atoms. The molecule has 0 amide bonds. The Balaban J connectivity index is 1.58. The van der Waals surface area contributed by atoms with Crippen molar-refractivity contribution in [1.82, 2.24) is 14.7 Å². The zero-order valence-corrected chi connectivity index (χ0v) is 15.1. The Morgan fingerprint density at radius 3 is 2.72 bits per heavy atom. The largest absolute Gasteiger partial charge is 0.394 e. The van der Waals surface area contributed by atoms with Crippen molar-refractivity contribution in [1.29, 1.82) is 0 Å². The molecule has 0 radical (unpaired) electrons. The van der Waals surface area contributed by atoms with E-state index in [0.29, 0.717) is 23.9 Å². The number of nitrogens with zero attached hydrogens (tertiary/aromatic N) is 3. The molecule has 3 rings (SSSR count). The van der Waals surface area contributed by atoms with Crippen LogP contribution in [-0.2, 0) is 16.4 Å². The summed E-state index contributed by atoms with van der Waals surface area (Å²) in [6.45, 7) is 2.89. The third-order valence-electron chi connectivity index (χ3n) is 4.69. The van der Waals surface area contributed by atoms with Crippen LogP contribution in [-0.4, -0.2) is 60.2 Å². The number of benzene rings is 1. The van der Waals surface area contributed by atoms with Crippen LogP contribution in [0, 0.1) is 0 Å². The second-order valence-electron chi connectivity index (χ2n) is 6.50. The number of rotatable bonds is 7. The van der Waals surface area contributed by atoms with Gasteiger partial charge in [0.15, 0.2) is 9.84 Å². The summed E-state index contributed by atoms with van der Waals surface area (Å²) in [6, 6.07) is 10.7. The average molecular weight is 363 g/mol. The molecule has 6 nitrogen and oxygen atoms in total. The molecule has 25 heavy (non-hydrogen) atoms. The first-order valence-electron chi connectivity index (χ1n) is 8.73. The third kappa shape index (κ3) is 4.68. The summed E-state index contributed by atoms with van der Waals surface area (Å²) < 4.78 is 26.6. The Morgan fingerprint density at radius 1 is 1.16 bits per heavy atom. The molecule has 0 spiro atoms. The van der Waals surface area contributed by atoms with Crippen LogP contribution in [0.15, 0.2) is 47.5 Å². The van der Waals surface area contributed by atoms with E-state index < -0.39 is 9.84 Å². The van der Waals surface area contributed by atoms with Crippen LogP contribution >= 0.6 is 0 Å². The number of aromatic nitrogens is 2. The summed E-state index contributed by atoms with van der Waals surface area (Å²) in [5.41, 5.74) is 1.03. The predicted molar refractivity (Wildman–Crippen MR) is 96.2 cm³/mol. The van der Waals surface area contributed by atoms with Gasteiger partial charge in [-0.2, -0.15) is 5.10 Å². The van der Waals surface area contributed by atoms with Gasteiger partial charge in [0.05, 0.1) is 29.5 Å². The topological polar surface area (TPSA) is 75.4 Å². The van der Waals surface area contributed by atoms with Crippen molar-refractivity contribution >= 4 is 9.84 Å². The van der Waals surface area contributed by atoms with Gasteiger partial charge < -0.3 is 10.0 Å². The van der Waals surface area contributed by atoms with Gasteiger partial charge in [0.2, 0.25) is 0 Å². The highest BCUT2D eigenvalue weighted by molar-refractivity contribution is 7.91. The Kier molecular flexibility index (Phi) is 5.88. The molecule has 1 N–H and O–H groups in total. The Bertz CT molecular complexity index is 774. The third-order valence-corrected chi connectivity index (χ3v) is 6.40. The van der Waals surface area contributed by atoms with Gasteiger partial charge in [0.1, 0.15) is 0 Å². The Morgan fingerprint density at radius 2 is 1.96 bits per heavy atom. The first kappa shape index (κ1) is 18.1. The summed E-state index contributed by atoms with van der Waals surface area (Å²) >= 11 is 0. The van der Waals surface area contributed by atoms with Crippen LogP contribution in [0.5, 0.6) is 0 Å². The molecular formula is C18H25N3O3S. The van der Waals surface area contributed by atoms with E-state index in [-0.39, 0.29) is 12.4 Å². The maximum Gasteiger partial charge on any atom is 0.179 e. The average Bonchev–Trinajstić information content (AvgIpc) is 3.10. The molecule has 1 aromatic heterocycles. The molecule has 1 saturated heterocycles.